The fourth-order valence-electron chi connectivity index (χ4n) is 1.91. The van der Waals surface area contributed by atoms with E-state index in [-0.39, 0.29) is 0 Å². The number of halogens is 1. The van der Waals surface area contributed by atoms with E-state index in [1.807, 2.05) is 13.8 Å². The first kappa shape index (κ1) is 16.6. The highest BCUT2D eigenvalue weighted by molar-refractivity contribution is 6.33. The Kier molecular flexibility index (Phi) is 6.61. The smallest absolute Gasteiger partial charge is 0.340 e. The number of benzene rings is 1. The Labute approximate surface area is 124 Å². The summed E-state index contributed by atoms with van der Waals surface area (Å²) >= 11 is 6.17. The van der Waals surface area contributed by atoms with Crippen LogP contribution in [0.1, 0.15) is 24.2 Å². The van der Waals surface area contributed by atoms with Crippen molar-refractivity contribution in [2.24, 2.45) is 0 Å². The number of esters is 1. The predicted molar refractivity (Wildman–Crippen MR) is 81.6 cm³/mol. The van der Waals surface area contributed by atoms with Crippen molar-refractivity contribution < 1.29 is 14.3 Å². The van der Waals surface area contributed by atoms with Crippen LogP contribution in [-0.2, 0) is 9.47 Å². The molecule has 1 saturated heterocycles. The fraction of sp³-hybridized carbons (Fsp3) is 0.500. The van der Waals surface area contributed by atoms with Crippen LogP contribution in [0.2, 0.25) is 5.02 Å². The third-order valence-electron chi connectivity index (χ3n) is 2.88. The zero-order valence-electron chi connectivity index (χ0n) is 12.1. The molecule has 2 rings (SSSR count). The lowest BCUT2D eigenvalue weighted by molar-refractivity contribution is 0.0602. The summed E-state index contributed by atoms with van der Waals surface area (Å²) in [6.45, 7) is 6.77. The standard InChI is InChI=1S/C12H15ClN2O3.C2H6/c1-17-12(16)8-6-11(9(13)7-10(8)14)15-2-4-18-5-3-15;1-2/h6-7H,2-5,14H2,1H3;1-2H3. The molecule has 0 radical (unpaired) electrons. The van der Waals surface area contributed by atoms with Gasteiger partial charge in [0.1, 0.15) is 0 Å². The molecule has 1 aromatic carbocycles. The number of morpholine rings is 1. The Morgan fingerprint density at radius 2 is 1.95 bits per heavy atom. The van der Waals surface area contributed by atoms with Crippen LogP contribution in [0, 0.1) is 0 Å². The highest BCUT2D eigenvalue weighted by Gasteiger charge is 2.19. The van der Waals surface area contributed by atoms with Crippen molar-refractivity contribution in [2.75, 3.05) is 44.0 Å². The third kappa shape index (κ3) is 3.77. The largest absolute Gasteiger partial charge is 0.465 e. The molecular weight excluding hydrogens is 280 g/mol. The van der Waals surface area contributed by atoms with E-state index >= 15 is 0 Å². The van der Waals surface area contributed by atoms with E-state index in [9.17, 15) is 4.79 Å². The molecule has 1 heterocycles. The molecule has 0 saturated carbocycles. The highest BCUT2D eigenvalue weighted by atomic mass is 35.5. The first-order valence-electron chi connectivity index (χ1n) is 6.63. The van der Waals surface area contributed by atoms with Crippen molar-refractivity contribution in [3.05, 3.63) is 22.7 Å². The van der Waals surface area contributed by atoms with Crippen LogP contribution in [0.25, 0.3) is 0 Å². The van der Waals surface area contributed by atoms with Gasteiger partial charge in [-0.25, -0.2) is 4.79 Å². The van der Waals surface area contributed by atoms with E-state index in [2.05, 4.69) is 4.90 Å². The number of anilines is 2. The van der Waals surface area contributed by atoms with Crippen LogP contribution in [0.15, 0.2) is 12.1 Å². The van der Waals surface area contributed by atoms with Gasteiger partial charge in [-0.05, 0) is 12.1 Å². The summed E-state index contributed by atoms with van der Waals surface area (Å²) in [6.07, 6.45) is 0. The molecule has 1 aliphatic rings. The van der Waals surface area contributed by atoms with E-state index < -0.39 is 5.97 Å². The second-order valence-corrected chi connectivity index (χ2v) is 4.39. The van der Waals surface area contributed by atoms with Crippen LogP contribution < -0.4 is 10.6 Å². The molecule has 0 amide bonds. The normalized spacial score (nSPS) is 14.3. The molecular formula is C14H21ClN2O3. The number of carbonyl (C=O) groups is 1. The van der Waals surface area contributed by atoms with Gasteiger partial charge >= 0.3 is 5.97 Å². The van der Waals surface area contributed by atoms with Gasteiger partial charge in [0.2, 0.25) is 0 Å². The Balaban J connectivity index is 0.000000956. The molecule has 0 aliphatic carbocycles. The van der Waals surface area contributed by atoms with Crippen molar-refractivity contribution in [1.82, 2.24) is 0 Å². The average Bonchev–Trinajstić information content (AvgIpc) is 2.49. The van der Waals surface area contributed by atoms with Gasteiger partial charge < -0.3 is 20.1 Å². The number of methoxy groups -OCH3 is 1. The van der Waals surface area contributed by atoms with Gasteiger partial charge in [-0.2, -0.15) is 0 Å². The van der Waals surface area contributed by atoms with Crippen LogP contribution >= 0.6 is 11.6 Å². The summed E-state index contributed by atoms with van der Waals surface area (Å²) in [6, 6.07) is 3.26. The van der Waals surface area contributed by atoms with Crippen LogP contribution in [-0.4, -0.2) is 39.4 Å². The second kappa shape index (κ2) is 7.97. The highest BCUT2D eigenvalue weighted by Crippen LogP contribution is 2.31. The Morgan fingerprint density at radius 3 is 2.50 bits per heavy atom. The van der Waals surface area contributed by atoms with Crippen molar-refractivity contribution in [2.45, 2.75) is 13.8 Å². The van der Waals surface area contributed by atoms with Crippen molar-refractivity contribution in [1.29, 1.82) is 0 Å². The first-order valence-corrected chi connectivity index (χ1v) is 7.01. The number of ether oxygens (including phenoxy) is 2. The van der Waals surface area contributed by atoms with Gasteiger partial charge in [0.15, 0.2) is 0 Å². The molecule has 0 unspecified atom stereocenters. The van der Waals surface area contributed by atoms with Crippen molar-refractivity contribution in [3.63, 3.8) is 0 Å². The number of hydrogen-bond donors (Lipinski definition) is 1. The number of carbonyl (C=O) groups excluding carboxylic acids is 1. The molecule has 2 N–H and O–H groups in total. The number of nitrogens with two attached hydrogens (primary N) is 1. The van der Waals surface area contributed by atoms with Crippen molar-refractivity contribution >= 4 is 28.9 Å². The van der Waals surface area contributed by atoms with Crippen molar-refractivity contribution in [3.8, 4) is 0 Å². The van der Waals surface area contributed by atoms with Crippen LogP contribution in [0.5, 0.6) is 0 Å². The van der Waals surface area contributed by atoms with E-state index in [1.165, 1.54) is 7.11 Å². The lowest BCUT2D eigenvalue weighted by Gasteiger charge is -2.30. The Hall–Kier alpha value is -1.46. The summed E-state index contributed by atoms with van der Waals surface area (Å²) in [5.41, 5.74) is 7.21. The number of rotatable bonds is 2. The lowest BCUT2D eigenvalue weighted by Crippen LogP contribution is -2.36. The Morgan fingerprint density at radius 1 is 1.35 bits per heavy atom. The number of hydrogen-bond acceptors (Lipinski definition) is 5. The quantitative estimate of drug-likeness (QED) is 0.672. The maximum atomic E-state index is 11.6. The monoisotopic (exact) mass is 300 g/mol. The summed E-state index contributed by atoms with van der Waals surface area (Å²) in [7, 11) is 1.32. The minimum atomic E-state index is -0.460. The third-order valence-corrected chi connectivity index (χ3v) is 3.18. The molecule has 1 fully saturated rings. The predicted octanol–water partition coefficient (Wildman–Crippen LogP) is 2.57. The topological polar surface area (TPSA) is 64.8 Å². The molecule has 0 spiro atoms. The van der Waals surface area contributed by atoms with Crippen LogP contribution in [0.4, 0.5) is 11.4 Å². The summed E-state index contributed by atoms with van der Waals surface area (Å²) in [4.78, 5) is 13.7. The first-order chi connectivity index (χ1) is 9.63. The average molecular weight is 301 g/mol. The molecule has 1 aliphatic heterocycles. The molecule has 5 nitrogen and oxygen atoms in total. The maximum Gasteiger partial charge on any atom is 0.340 e. The Bertz CT molecular complexity index is 460. The maximum absolute atomic E-state index is 11.6. The molecule has 6 heteroatoms. The minimum Gasteiger partial charge on any atom is -0.465 e. The molecule has 112 valence electrons. The van der Waals surface area contributed by atoms with Gasteiger partial charge in [0.05, 0.1) is 36.6 Å². The number of nitrogen functional groups attached to an aromatic ring is 1. The molecule has 1 aromatic rings. The molecule has 20 heavy (non-hydrogen) atoms. The molecule has 0 aromatic heterocycles. The molecule has 0 atom stereocenters. The fourth-order valence-corrected chi connectivity index (χ4v) is 2.20. The number of nitrogens with zero attached hydrogens (tertiary/aromatic N) is 1. The van der Waals surface area contributed by atoms with Gasteiger partial charge in [-0.1, -0.05) is 25.4 Å². The van der Waals surface area contributed by atoms with E-state index in [1.54, 1.807) is 12.1 Å². The summed E-state index contributed by atoms with van der Waals surface area (Å²) in [5.74, 6) is -0.460. The van der Waals surface area contributed by atoms with Crippen LogP contribution in [0.3, 0.4) is 0 Å². The van der Waals surface area contributed by atoms with Gasteiger partial charge in [0.25, 0.3) is 0 Å². The summed E-state index contributed by atoms with van der Waals surface area (Å²) < 4.78 is 9.98. The summed E-state index contributed by atoms with van der Waals surface area (Å²) in [5, 5.41) is 0.530. The van der Waals surface area contributed by atoms with Gasteiger partial charge in [-0.15, -0.1) is 0 Å². The zero-order valence-corrected chi connectivity index (χ0v) is 12.9. The van der Waals surface area contributed by atoms with E-state index in [0.717, 1.165) is 18.8 Å². The lowest BCUT2D eigenvalue weighted by atomic mass is 10.1. The van der Waals surface area contributed by atoms with Gasteiger partial charge in [0, 0.05) is 18.8 Å². The molecule has 0 bridgehead atoms. The van der Waals surface area contributed by atoms with Gasteiger partial charge in [-0.3, -0.25) is 0 Å². The minimum absolute atomic E-state index is 0.323. The SMILES string of the molecule is CC.COC(=O)c1cc(N2CCOCC2)c(Cl)cc1N. The second-order valence-electron chi connectivity index (χ2n) is 3.98. The van der Waals surface area contributed by atoms with E-state index in [4.69, 9.17) is 26.8 Å². The van der Waals surface area contributed by atoms with E-state index in [0.29, 0.717) is 29.5 Å². The zero-order chi connectivity index (χ0) is 15.1.